The Morgan fingerprint density at radius 2 is 2.14 bits per heavy atom. The van der Waals surface area contributed by atoms with E-state index in [1.807, 2.05) is 0 Å². The predicted molar refractivity (Wildman–Crippen MR) is 72.5 cm³/mol. The molecule has 108 valence electrons. The first-order valence-corrected chi connectivity index (χ1v) is 5.86. The van der Waals surface area contributed by atoms with Crippen molar-refractivity contribution in [3.8, 4) is 0 Å². The highest BCUT2D eigenvalue weighted by molar-refractivity contribution is 6.30. The van der Waals surface area contributed by atoms with Crippen LogP contribution in [-0.2, 0) is 0 Å². The van der Waals surface area contributed by atoms with Gasteiger partial charge >= 0.3 is 5.97 Å². The number of anilines is 2. The van der Waals surface area contributed by atoms with Crippen molar-refractivity contribution in [3.05, 3.63) is 57.0 Å². The molecule has 2 aromatic rings. The molecule has 0 aliphatic rings. The fraction of sp³-hybridized carbons (Fsp3) is 0. The molecule has 0 bridgehead atoms. The fourth-order valence-electron chi connectivity index (χ4n) is 1.53. The number of hydrogen-bond donors (Lipinski definition) is 2. The molecule has 0 saturated heterocycles. The van der Waals surface area contributed by atoms with Crippen LogP contribution in [0.5, 0.6) is 0 Å². The molecule has 0 unspecified atom stereocenters. The van der Waals surface area contributed by atoms with Gasteiger partial charge in [-0.3, -0.25) is 10.1 Å². The summed E-state index contributed by atoms with van der Waals surface area (Å²) in [6.07, 6.45) is 0.878. The molecular weight excluding hydrogens is 305 g/mol. The number of nitro groups is 1. The zero-order valence-corrected chi connectivity index (χ0v) is 11.0. The Labute approximate surface area is 122 Å². The summed E-state index contributed by atoms with van der Waals surface area (Å²) >= 11 is 5.60. The normalized spacial score (nSPS) is 10.2. The van der Waals surface area contributed by atoms with Gasteiger partial charge in [0.15, 0.2) is 0 Å². The molecule has 0 amide bonds. The molecule has 2 N–H and O–H groups in total. The minimum atomic E-state index is -1.43. The summed E-state index contributed by atoms with van der Waals surface area (Å²) in [5.41, 5.74) is -0.976. The van der Waals surface area contributed by atoms with E-state index in [2.05, 4.69) is 10.3 Å². The van der Waals surface area contributed by atoms with Gasteiger partial charge in [-0.05, 0) is 18.2 Å². The smallest absolute Gasteiger partial charge is 0.339 e. The van der Waals surface area contributed by atoms with E-state index >= 15 is 0 Å². The van der Waals surface area contributed by atoms with Gasteiger partial charge in [0, 0.05) is 11.1 Å². The van der Waals surface area contributed by atoms with Crippen LogP contribution in [0, 0.1) is 15.9 Å². The molecule has 0 spiro atoms. The number of carbonyl (C=O) groups is 1. The molecule has 0 atom stereocenters. The lowest BCUT2D eigenvalue weighted by Gasteiger charge is -2.09. The molecule has 2 rings (SSSR count). The van der Waals surface area contributed by atoms with Crippen LogP contribution in [0.25, 0.3) is 0 Å². The number of nitrogens with one attached hydrogen (secondary N) is 1. The van der Waals surface area contributed by atoms with Crippen LogP contribution in [0.1, 0.15) is 10.4 Å². The summed E-state index contributed by atoms with van der Waals surface area (Å²) < 4.78 is 13.6. The predicted octanol–water partition coefficient (Wildman–Crippen LogP) is 3.22. The second-order valence-electron chi connectivity index (χ2n) is 3.90. The second kappa shape index (κ2) is 5.71. The zero-order chi connectivity index (χ0) is 15.6. The third-order valence-electron chi connectivity index (χ3n) is 2.50. The summed E-state index contributed by atoms with van der Waals surface area (Å²) in [4.78, 5) is 24.6. The standard InChI is InChI=1S/C12H7ClFN3O4/c13-6-1-2-10(9(14)3-6)16-11-8(12(18)19)4-7(5-15-11)17(20)21/h1-5H,(H,15,16)(H,18,19). The van der Waals surface area contributed by atoms with Crippen molar-refractivity contribution >= 4 is 34.8 Å². The minimum Gasteiger partial charge on any atom is -0.478 e. The maximum Gasteiger partial charge on any atom is 0.339 e. The number of pyridine rings is 1. The van der Waals surface area contributed by atoms with Gasteiger partial charge in [0.25, 0.3) is 5.69 Å². The third kappa shape index (κ3) is 3.23. The first-order valence-electron chi connectivity index (χ1n) is 5.48. The van der Waals surface area contributed by atoms with Gasteiger partial charge in [-0.25, -0.2) is 14.2 Å². The number of halogens is 2. The Hall–Kier alpha value is -2.74. The number of nitrogens with zero attached hydrogens (tertiary/aromatic N) is 2. The average Bonchev–Trinajstić information content (AvgIpc) is 2.41. The summed E-state index contributed by atoms with van der Waals surface area (Å²) in [5.74, 6) is -2.35. The van der Waals surface area contributed by atoms with Gasteiger partial charge in [0.2, 0.25) is 0 Å². The number of hydrogen-bond acceptors (Lipinski definition) is 5. The van der Waals surface area contributed by atoms with Crippen LogP contribution in [0.4, 0.5) is 21.6 Å². The molecule has 0 saturated carbocycles. The van der Waals surface area contributed by atoms with Crippen LogP contribution in [0.15, 0.2) is 30.5 Å². The van der Waals surface area contributed by atoms with E-state index in [1.54, 1.807) is 0 Å². The SMILES string of the molecule is O=C(O)c1cc([N+](=O)[O-])cnc1Nc1ccc(Cl)cc1F. The molecule has 0 fully saturated rings. The van der Waals surface area contributed by atoms with Crippen LogP contribution >= 0.6 is 11.6 Å². The lowest BCUT2D eigenvalue weighted by Crippen LogP contribution is -2.07. The Balaban J connectivity index is 2.44. The van der Waals surface area contributed by atoms with E-state index in [1.165, 1.54) is 12.1 Å². The Morgan fingerprint density at radius 3 is 2.71 bits per heavy atom. The summed E-state index contributed by atoms with van der Waals surface area (Å²) in [6.45, 7) is 0. The first kappa shape index (κ1) is 14.7. The van der Waals surface area contributed by atoms with E-state index in [0.29, 0.717) is 0 Å². The Kier molecular flexibility index (Phi) is 3.99. The van der Waals surface area contributed by atoms with Gasteiger partial charge < -0.3 is 10.4 Å². The van der Waals surface area contributed by atoms with Crippen molar-refractivity contribution in [2.45, 2.75) is 0 Å². The molecule has 0 radical (unpaired) electrons. The molecule has 1 aromatic heterocycles. The highest BCUT2D eigenvalue weighted by Crippen LogP contribution is 2.25. The molecule has 9 heteroatoms. The maximum atomic E-state index is 13.6. The Bertz CT molecular complexity index is 738. The Morgan fingerprint density at radius 1 is 1.43 bits per heavy atom. The lowest BCUT2D eigenvalue weighted by atomic mass is 10.2. The quantitative estimate of drug-likeness (QED) is 0.663. The largest absolute Gasteiger partial charge is 0.478 e. The maximum absolute atomic E-state index is 13.6. The number of aromatic nitrogens is 1. The number of carboxylic acids is 1. The van der Waals surface area contributed by atoms with Crippen molar-refractivity contribution in [1.82, 2.24) is 4.98 Å². The third-order valence-corrected chi connectivity index (χ3v) is 2.73. The topological polar surface area (TPSA) is 105 Å². The van der Waals surface area contributed by atoms with E-state index in [0.717, 1.165) is 18.3 Å². The molecule has 1 heterocycles. The van der Waals surface area contributed by atoms with Crippen molar-refractivity contribution in [1.29, 1.82) is 0 Å². The van der Waals surface area contributed by atoms with E-state index in [-0.39, 0.29) is 16.5 Å². The molecule has 1 aromatic carbocycles. The highest BCUT2D eigenvalue weighted by atomic mass is 35.5. The summed E-state index contributed by atoms with van der Waals surface area (Å²) in [7, 11) is 0. The average molecular weight is 312 g/mol. The number of carboxylic acid groups (broad SMARTS) is 1. The van der Waals surface area contributed by atoms with Crippen molar-refractivity contribution < 1.29 is 19.2 Å². The molecule has 21 heavy (non-hydrogen) atoms. The van der Waals surface area contributed by atoms with Crippen molar-refractivity contribution in [3.63, 3.8) is 0 Å². The van der Waals surface area contributed by atoms with Crippen LogP contribution < -0.4 is 5.32 Å². The van der Waals surface area contributed by atoms with E-state index in [4.69, 9.17) is 16.7 Å². The fourth-order valence-corrected chi connectivity index (χ4v) is 1.69. The van der Waals surface area contributed by atoms with E-state index in [9.17, 15) is 19.3 Å². The van der Waals surface area contributed by atoms with Gasteiger partial charge in [-0.15, -0.1) is 0 Å². The zero-order valence-electron chi connectivity index (χ0n) is 10.2. The van der Waals surface area contributed by atoms with Crippen LogP contribution in [0.3, 0.4) is 0 Å². The van der Waals surface area contributed by atoms with E-state index < -0.39 is 28.0 Å². The van der Waals surface area contributed by atoms with Crippen LogP contribution in [-0.4, -0.2) is 21.0 Å². The van der Waals surface area contributed by atoms with Gasteiger partial charge in [0.05, 0.1) is 10.6 Å². The second-order valence-corrected chi connectivity index (χ2v) is 4.34. The minimum absolute atomic E-state index is 0.0525. The van der Waals surface area contributed by atoms with Crippen LogP contribution in [0.2, 0.25) is 5.02 Å². The van der Waals surface area contributed by atoms with Gasteiger partial charge in [0.1, 0.15) is 23.4 Å². The van der Waals surface area contributed by atoms with Gasteiger partial charge in [-0.2, -0.15) is 0 Å². The molecular formula is C12H7ClFN3O4. The summed E-state index contributed by atoms with van der Waals surface area (Å²) in [6, 6.07) is 4.58. The molecule has 7 nitrogen and oxygen atoms in total. The van der Waals surface area contributed by atoms with Crippen molar-refractivity contribution in [2.24, 2.45) is 0 Å². The highest BCUT2D eigenvalue weighted by Gasteiger charge is 2.18. The monoisotopic (exact) mass is 311 g/mol. The lowest BCUT2D eigenvalue weighted by molar-refractivity contribution is -0.385. The first-order chi connectivity index (χ1) is 9.88. The van der Waals surface area contributed by atoms with Gasteiger partial charge in [-0.1, -0.05) is 11.6 Å². The number of rotatable bonds is 4. The van der Waals surface area contributed by atoms with Crippen molar-refractivity contribution in [2.75, 3.05) is 5.32 Å². The number of aromatic carboxylic acids is 1. The molecule has 0 aliphatic heterocycles. The number of benzene rings is 1. The summed E-state index contributed by atoms with van der Waals surface area (Å²) in [5, 5.41) is 22.3. The molecule has 0 aliphatic carbocycles.